The van der Waals surface area contributed by atoms with Crippen LogP contribution in [0, 0.1) is 0 Å². The van der Waals surface area contributed by atoms with Crippen molar-refractivity contribution in [3.63, 3.8) is 0 Å². The fourth-order valence-corrected chi connectivity index (χ4v) is 2.91. The molecule has 3 rings (SSSR count). The highest BCUT2D eigenvalue weighted by Gasteiger charge is 2.31. The van der Waals surface area contributed by atoms with Crippen molar-refractivity contribution in [1.29, 1.82) is 0 Å². The van der Waals surface area contributed by atoms with Crippen LogP contribution in [0.1, 0.15) is 23.6 Å². The number of rotatable bonds is 3. The summed E-state index contributed by atoms with van der Waals surface area (Å²) in [5, 5.41) is 19.2. The lowest BCUT2D eigenvalue weighted by Gasteiger charge is -2.32. The lowest BCUT2D eigenvalue weighted by atomic mass is 9.70. The summed E-state index contributed by atoms with van der Waals surface area (Å²) in [6.07, 6.45) is 0. The van der Waals surface area contributed by atoms with Gasteiger partial charge in [-0.15, -0.1) is 0 Å². The Balaban J connectivity index is 2.21. The highest BCUT2D eigenvalue weighted by molar-refractivity contribution is 6.32. The van der Waals surface area contributed by atoms with Crippen molar-refractivity contribution in [1.82, 2.24) is 0 Å². The molecule has 2 N–H and O–H groups in total. The number of phenols is 2. The van der Waals surface area contributed by atoms with Gasteiger partial charge >= 0.3 is 0 Å². The van der Waals surface area contributed by atoms with Gasteiger partial charge in [0.15, 0.2) is 0 Å². The van der Waals surface area contributed by atoms with E-state index in [1.54, 1.807) is 24.3 Å². The van der Waals surface area contributed by atoms with Crippen molar-refractivity contribution < 1.29 is 10.2 Å². The molecule has 0 aliphatic rings. The average molecular weight is 300 g/mol. The molecule has 0 saturated heterocycles. The van der Waals surface area contributed by atoms with Crippen LogP contribution in [-0.4, -0.2) is 18.1 Å². The zero-order valence-electron chi connectivity index (χ0n) is 12.9. The first-order chi connectivity index (χ1) is 11.0. The largest absolute Gasteiger partial charge is 0.508 e. The Morgan fingerprint density at radius 1 is 0.609 bits per heavy atom. The van der Waals surface area contributed by atoms with Gasteiger partial charge in [-0.1, -0.05) is 54.0 Å². The van der Waals surface area contributed by atoms with Crippen LogP contribution in [-0.2, 0) is 5.41 Å². The third-order valence-corrected chi connectivity index (χ3v) is 4.38. The van der Waals surface area contributed by atoms with Crippen molar-refractivity contribution in [3.8, 4) is 11.5 Å². The van der Waals surface area contributed by atoms with E-state index in [2.05, 4.69) is 6.92 Å². The van der Waals surface area contributed by atoms with E-state index < -0.39 is 5.41 Å². The minimum Gasteiger partial charge on any atom is -0.508 e. The topological polar surface area (TPSA) is 40.5 Å². The number of aromatic hydroxyl groups is 2. The Morgan fingerprint density at radius 3 is 1.26 bits per heavy atom. The normalized spacial score (nSPS) is 11.3. The first-order valence-electron chi connectivity index (χ1n) is 7.45. The third-order valence-electron chi connectivity index (χ3n) is 4.38. The van der Waals surface area contributed by atoms with E-state index in [9.17, 15) is 10.2 Å². The van der Waals surface area contributed by atoms with E-state index in [4.69, 9.17) is 7.85 Å². The summed E-state index contributed by atoms with van der Waals surface area (Å²) < 4.78 is 0. The Morgan fingerprint density at radius 2 is 0.913 bits per heavy atom. The quantitative estimate of drug-likeness (QED) is 0.576. The van der Waals surface area contributed by atoms with Gasteiger partial charge in [-0.05, 0) is 47.9 Å². The number of hydrogen-bond donors (Lipinski definition) is 2. The molecule has 2 nitrogen and oxygen atoms in total. The molecule has 0 amide bonds. The van der Waals surface area contributed by atoms with E-state index in [1.165, 1.54) is 0 Å². The van der Waals surface area contributed by atoms with Crippen LogP contribution in [0.4, 0.5) is 0 Å². The maximum absolute atomic E-state index is 9.59. The van der Waals surface area contributed by atoms with Crippen LogP contribution in [0.15, 0.2) is 72.8 Å². The van der Waals surface area contributed by atoms with Crippen LogP contribution >= 0.6 is 0 Å². The van der Waals surface area contributed by atoms with Crippen molar-refractivity contribution in [3.05, 3.63) is 89.5 Å². The minimum absolute atomic E-state index is 0.235. The number of phenolic OH excluding ortho intramolecular Hbond substituents is 2. The molecular formula is C20H17BO2. The highest BCUT2D eigenvalue weighted by atomic mass is 16.3. The van der Waals surface area contributed by atoms with E-state index in [0.717, 1.165) is 16.7 Å². The molecule has 0 unspecified atom stereocenters. The fourth-order valence-electron chi connectivity index (χ4n) is 2.91. The molecule has 0 spiro atoms. The molecule has 0 atom stereocenters. The molecule has 3 aromatic carbocycles. The summed E-state index contributed by atoms with van der Waals surface area (Å²) in [5.41, 5.74) is 3.47. The second-order valence-corrected chi connectivity index (χ2v) is 5.84. The molecular weight excluding hydrogens is 283 g/mol. The Bertz CT molecular complexity index is 680. The van der Waals surface area contributed by atoms with Gasteiger partial charge in [0, 0.05) is 5.41 Å². The molecule has 0 fully saturated rings. The number of hydrogen-bond acceptors (Lipinski definition) is 2. The maximum Gasteiger partial charge on any atom is 0.115 e. The van der Waals surface area contributed by atoms with Crippen molar-refractivity contribution in [2.24, 2.45) is 0 Å². The molecule has 23 heavy (non-hydrogen) atoms. The summed E-state index contributed by atoms with van der Waals surface area (Å²) in [6, 6.07) is 22.2. The monoisotopic (exact) mass is 300 g/mol. The van der Waals surface area contributed by atoms with Gasteiger partial charge in [0.05, 0.1) is 0 Å². The first kappa shape index (κ1) is 15.2. The van der Waals surface area contributed by atoms with E-state index >= 15 is 0 Å². The zero-order valence-corrected chi connectivity index (χ0v) is 12.9. The molecule has 3 heteroatoms. The molecule has 0 saturated carbocycles. The van der Waals surface area contributed by atoms with Crippen molar-refractivity contribution in [2.75, 3.05) is 0 Å². The molecule has 0 aliphatic heterocycles. The lowest BCUT2D eigenvalue weighted by molar-refractivity contribution is 0.474. The Hall–Kier alpha value is -2.68. The predicted octanol–water partition coefficient (Wildman–Crippen LogP) is 3.25. The van der Waals surface area contributed by atoms with Crippen LogP contribution in [0.2, 0.25) is 0 Å². The molecule has 0 heterocycles. The molecule has 0 bridgehead atoms. The van der Waals surface area contributed by atoms with Crippen LogP contribution in [0.25, 0.3) is 0 Å². The van der Waals surface area contributed by atoms with E-state index in [0.29, 0.717) is 5.46 Å². The predicted molar refractivity (Wildman–Crippen MR) is 93.6 cm³/mol. The van der Waals surface area contributed by atoms with Gasteiger partial charge in [-0.3, -0.25) is 0 Å². The highest BCUT2D eigenvalue weighted by Crippen LogP contribution is 2.39. The molecule has 0 aliphatic carbocycles. The van der Waals surface area contributed by atoms with Crippen LogP contribution in [0.5, 0.6) is 11.5 Å². The zero-order chi connectivity index (χ0) is 16.4. The van der Waals surface area contributed by atoms with Gasteiger partial charge in [0.1, 0.15) is 19.3 Å². The maximum atomic E-state index is 9.59. The minimum atomic E-state index is -0.422. The van der Waals surface area contributed by atoms with Gasteiger partial charge in [-0.25, -0.2) is 0 Å². The second kappa shape index (κ2) is 5.84. The Kier molecular flexibility index (Phi) is 3.87. The summed E-state index contributed by atoms with van der Waals surface area (Å²) in [6.45, 7) is 2.12. The van der Waals surface area contributed by atoms with Crippen molar-refractivity contribution >= 4 is 13.3 Å². The molecule has 0 aromatic heterocycles. The number of benzene rings is 3. The lowest BCUT2D eigenvalue weighted by Crippen LogP contribution is -2.25. The Labute approximate surface area is 137 Å². The average Bonchev–Trinajstić information content (AvgIpc) is 2.56. The van der Waals surface area contributed by atoms with Crippen molar-refractivity contribution in [2.45, 2.75) is 12.3 Å². The second-order valence-electron chi connectivity index (χ2n) is 5.84. The summed E-state index contributed by atoms with van der Waals surface area (Å²) in [4.78, 5) is 0. The molecule has 3 aromatic rings. The van der Waals surface area contributed by atoms with Crippen LogP contribution in [0.3, 0.4) is 0 Å². The van der Waals surface area contributed by atoms with E-state index in [1.807, 2.05) is 48.5 Å². The van der Waals surface area contributed by atoms with E-state index in [-0.39, 0.29) is 11.5 Å². The molecule has 112 valence electrons. The third kappa shape index (κ3) is 2.82. The standard InChI is InChI=1S/C20H17BO2/c1-20(14-2-8-17(21)9-3-14,15-4-10-18(22)11-5-15)16-6-12-19(23)13-7-16/h2-13,22-23H,1H3. The summed E-state index contributed by atoms with van der Waals surface area (Å²) in [5.74, 6) is 0.471. The van der Waals surface area contributed by atoms with Gasteiger partial charge in [0.2, 0.25) is 0 Å². The molecule has 2 radical (unpaired) electrons. The summed E-state index contributed by atoms with van der Waals surface area (Å²) in [7, 11) is 5.82. The first-order valence-corrected chi connectivity index (χ1v) is 7.45. The van der Waals surface area contributed by atoms with Crippen LogP contribution < -0.4 is 5.46 Å². The fraction of sp³-hybridized carbons (Fsp3) is 0.100. The van der Waals surface area contributed by atoms with Gasteiger partial charge < -0.3 is 10.2 Å². The summed E-state index contributed by atoms with van der Waals surface area (Å²) >= 11 is 0. The SMILES string of the molecule is [B]c1ccc(C(C)(c2ccc(O)cc2)c2ccc(O)cc2)cc1. The smallest absolute Gasteiger partial charge is 0.115 e. The van der Waals surface area contributed by atoms with Gasteiger partial charge in [-0.2, -0.15) is 0 Å². The van der Waals surface area contributed by atoms with Gasteiger partial charge in [0.25, 0.3) is 0 Å².